The molecular weight excluding hydrogens is 318 g/mol. The van der Waals surface area contributed by atoms with Crippen molar-refractivity contribution in [3.63, 3.8) is 0 Å². The van der Waals surface area contributed by atoms with Crippen LogP contribution < -0.4 is 4.74 Å². The number of rotatable bonds is 5. The Bertz CT molecular complexity index is 618. The molecule has 25 heavy (non-hydrogen) atoms. The van der Waals surface area contributed by atoms with Gasteiger partial charge in [-0.15, -0.1) is 0 Å². The minimum Gasteiger partial charge on any atom is -0.481 e. The van der Waals surface area contributed by atoms with E-state index in [0.717, 1.165) is 11.3 Å². The highest BCUT2D eigenvalue weighted by molar-refractivity contribution is 5.81. The molecule has 1 heterocycles. The van der Waals surface area contributed by atoms with Crippen LogP contribution in [0.15, 0.2) is 18.2 Å². The molecule has 0 bridgehead atoms. The van der Waals surface area contributed by atoms with Crippen molar-refractivity contribution in [1.29, 1.82) is 0 Å². The molecule has 1 amide bonds. The molecule has 0 aromatic heterocycles. The molecule has 1 fully saturated rings. The van der Waals surface area contributed by atoms with Gasteiger partial charge in [0, 0.05) is 13.1 Å². The van der Waals surface area contributed by atoms with Crippen LogP contribution in [0.3, 0.4) is 0 Å². The molecule has 1 aromatic carbocycles. The third kappa shape index (κ3) is 4.74. The van der Waals surface area contributed by atoms with Gasteiger partial charge < -0.3 is 14.4 Å². The molecule has 0 N–H and O–H groups in total. The van der Waals surface area contributed by atoms with Crippen LogP contribution in [0.25, 0.3) is 0 Å². The van der Waals surface area contributed by atoms with E-state index in [1.165, 1.54) is 12.7 Å². The number of amides is 1. The highest BCUT2D eigenvalue weighted by Gasteiger charge is 2.30. The Labute approximate surface area is 150 Å². The number of benzene rings is 1. The van der Waals surface area contributed by atoms with Gasteiger partial charge in [0.1, 0.15) is 5.75 Å². The van der Waals surface area contributed by atoms with Crippen molar-refractivity contribution in [2.45, 2.75) is 52.6 Å². The maximum atomic E-state index is 12.7. The van der Waals surface area contributed by atoms with Crippen molar-refractivity contribution in [1.82, 2.24) is 4.90 Å². The van der Waals surface area contributed by atoms with Crippen LogP contribution in [0.2, 0.25) is 0 Å². The van der Waals surface area contributed by atoms with E-state index in [2.05, 4.69) is 19.9 Å². The summed E-state index contributed by atoms with van der Waals surface area (Å²) in [5, 5.41) is 0. The lowest BCUT2D eigenvalue weighted by atomic mass is 9.97. The fraction of sp³-hybridized carbons (Fsp3) is 0.600. The largest absolute Gasteiger partial charge is 0.481 e. The lowest BCUT2D eigenvalue weighted by molar-refractivity contribution is -0.150. The molecule has 1 aliphatic heterocycles. The van der Waals surface area contributed by atoms with E-state index >= 15 is 0 Å². The number of esters is 1. The fourth-order valence-electron chi connectivity index (χ4n) is 3.10. The van der Waals surface area contributed by atoms with Crippen molar-refractivity contribution in [3.8, 4) is 5.75 Å². The summed E-state index contributed by atoms with van der Waals surface area (Å²) in [5.74, 6) is 0.855. The molecule has 5 heteroatoms. The zero-order valence-electron chi connectivity index (χ0n) is 15.9. The molecule has 1 aromatic rings. The second-order valence-electron chi connectivity index (χ2n) is 7.06. The number of ether oxygens (including phenoxy) is 2. The first kappa shape index (κ1) is 19.3. The van der Waals surface area contributed by atoms with Gasteiger partial charge >= 0.3 is 5.97 Å². The lowest BCUT2D eigenvalue weighted by Crippen LogP contribution is -2.45. The number of methoxy groups -OCH3 is 1. The van der Waals surface area contributed by atoms with E-state index in [9.17, 15) is 9.59 Å². The third-order valence-corrected chi connectivity index (χ3v) is 4.87. The number of likely N-dealkylation sites (tertiary alicyclic amines) is 1. The van der Waals surface area contributed by atoms with Crippen molar-refractivity contribution in [2.75, 3.05) is 20.2 Å². The molecule has 0 radical (unpaired) electrons. The highest BCUT2D eigenvalue weighted by atomic mass is 16.5. The summed E-state index contributed by atoms with van der Waals surface area (Å²) in [4.78, 5) is 26.0. The maximum Gasteiger partial charge on any atom is 0.308 e. The van der Waals surface area contributed by atoms with Crippen LogP contribution >= 0.6 is 0 Å². The number of nitrogens with zero attached hydrogens (tertiary/aromatic N) is 1. The minimum atomic E-state index is -0.546. The summed E-state index contributed by atoms with van der Waals surface area (Å²) < 4.78 is 10.8. The zero-order chi connectivity index (χ0) is 18.6. The average Bonchev–Trinajstić information content (AvgIpc) is 2.62. The van der Waals surface area contributed by atoms with Gasteiger partial charge in [-0.1, -0.05) is 26.0 Å². The van der Waals surface area contributed by atoms with Gasteiger partial charge in [0.05, 0.1) is 13.0 Å². The number of piperidine rings is 1. The highest BCUT2D eigenvalue weighted by Crippen LogP contribution is 2.26. The number of carbonyl (C=O) groups excluding carboxylic acids is 2. The zero-order valence-corrected chi connectivity index (χ0v) is 15.9. The van der Waals surface area contributed by atoms with Crippen molar-refractivity contribution < 1.29 is 19.1 Å². The molecule has 2 rings (SSSR count). The number of hydrogen-bond acceptors (Lipinski definition) is 4. The van der Waals surface area contributed by atoms with E-state index < -0.39 is 6.10 Å². The van der Waals surface area contributed by atoms with Gasteiger partial charge in [-0.25, -0.2) is 0 Å². The molecule has 0 saturated carbocycles. The normalized spacial score (nSPS) is 16.6. The van der Waals surface area contributed by atoms with Gasteiger partial charge in [-0.05, 0) is 49.8 Å². The van der Waals surface area contributed by atoms with Crippen molar-refractivity contribution in [2.24, 2.45) is 5.92 Å². The summed E-state index contributed by atoms with van der Waals surface area (Å²) in [6.07, 6.45) is 0.746. The molecule has 138 valence electrons. The molecule has 1 saturated heterocycles. The molecule has 1 atom stereocenters. The van der Waals surface area contributed by atoms with Crippen LogP contribution in [-0.4, -0.2) is 43.1 Å². The summed E-state index contributed by atoms with van der Waals surface area (Å²) in [6, 6.07) is 6.15. The molecule has 5 nitrogen and oxygen atoms in total. The summed E-state index contributed by atoms with van der Waals surface area (Å²) in [5.41, 5.74) is 2.22. The topological polar surface area (TPSA) is 55.8 Å². The van der Waals surface area contributed by atoms with E-state index in [4.69, 9.17) is 9.47 Å². The van der Waals surface area contributed by atoms with Gasteiger partial charge in [-0.2, -0.15) is 0 Å². The first-order chi connectivity index (χ1) is 11.8. The summed E-state index contributed by atoms with van der Waals surface area (Å²) >= 11 is 0. The molecular formula is C20H29NO4. The van der Waals surface area contributed by atoms with Crippen LogP contribution in [0.4, 0.5) is 0 Å². The van der Waals surface area contributed by atoms with Gasteiger partial charge in [0.2, 0.25) is 0 Å². The number of carbonyl (C=O) groups is 2. The smallest absolute Gasteiger partial charge is 0.308 e. The Morgan fingerprint density at radius 3 is 2.36 bits per heavy atom. The monoisotopic (exact) mass is 347 g/mol. The van der Waals surface area contributed by atoms with Crippen LogP contribution in [0.5, 0.6) is 5.75 Å². The van der Waals surface area contributed by atoms with E-state index in [0.29, 0.717) is 31.8 Å². The Kier molecular flexibility index (Phi) is 6.45. The predicted octanol–water partition coefficient (Wildman–Crippen LogP) is 3.30. The Balaban J connectivity index is 1.97. The van der Waals surface area contributed by atoms with Crippen molar-refractivity contribution in [3.05, 3.63) is 29.3 Å². The average molecular weight is 347 g/mol. The molecule has 1 aliphatic rings. The predicted molar refractivity (Wildman–Crippen MR) is 96.7 cm³/mol. The second kappa shape index (κ2) is 8.37. The van der Waals surface area contributed by atoms with Gasteiger partial charge in [0.25, 0.3) is 5.91 Å². The quantitative estimate of drug-likeness (QED) is 0.767. The summed E-state index contributed by atoms with van der Waals surface area (Å²) in [6.45, 7) is 9.17. The maximum absolute atomic E-state index is 12.7. The van der Waals surface area contributed by atoms with Crippen LogP contribution in [0, 0.1) is 12.8 Å². The molecule has 0 aliphatic carbocycles. The second-order valence-corrected chi connectivity index (χ2v) is 7.06. The number of hydrogen-bond donors (Lipinski definition) is 0. The van der Waals surface area contributed by atoms with Gasteiger partial charge in [0.15, 0.2) is 6.10 Å². The molecule has 0 spiro atoms. The van der Waals surface area contributed by atoms with Crippen molar-refractivity contribution >= 4 is 11.9 Å². The summed E-state index contributed by atoms with van der Waals surface area (Å²) in [7, 11) is 1.41. The standard InChI is InChI=1S/C20H29NO4/c1-13(2)17-7-6-14(3)18(12-17)25-15(4)19(22)21-10-8-16(9-11-21)20(23)24-5/h6-7,12-13,15-16H,8-11H2,1-5H3. The van der Waals surface area contributed by atoms with Crippen LogP contribution in [-0.2, 0) is 14.3 Å². The lowest BCUT2D eigenvalue weighted by Gasteiger charge is -2.32. The first-order valence-electron chi connectivity index (χ1n) is 8.97. The Morgan fingerprint density at radius 2 is 1.80 bits per heavy atom. The van der Waals surface area contributed by atoms with E-state index in [1.54, 1.807) is 11.8 Å². The third-order valence-electron chi connectivity index (χ3n) is 4.87. The SMILES string of the molecule is COC(=O)C1CCN(C(=O)C(C)Oc2cc(C(C)C)ccc2C)CC1. The van der Waals surface area contributed by atoms with E-state index in [1.807, 2.05) is 19.1 Å². The first-order valence-corrected chi connectivity index (χ1v) is 8.97. The molecule has 1 unspecified atom stereocenters. The minimum absolute atomic E-state index is 0.0299. The fourth-order valence-corrected chi connectivity index (χ4v) is 3.10. The Hall–Kier alpha value is -2.04. The van der Waals surface area contributed by atoms with Crippen LogP contribution in [0.1, 0.15) is 50.7 Å². The number of aryl methyl sites for hydroxylation is 1. The van der Waals surface area contributed by atoms with Gasteiger partial charge in [-0.3, -0.25) is 9.59 Å². The Morgan fingerprint density at radius 1 is 1.16 bits per heavy atom. The van der Waals surface area contributed by atoms with E-state index in [-0.39, 0.29) is 17.8 Å².